The lowest BCUT2D eigenvalue weighted by atomic mass is 10.1. The van der Waals surface area contributed by atoms with E-state index < -0.39 is 5.82 Å². The van der Waals surface area contributed by atoms with Crippen LogP contribution in [0.25, 0.3) is 0 Å². The van der Waals surface area contributed by atoms with Crippen LogP contribution in [-0.4, -0.2) is 5.78 Å². The van der Waals surface area contributed by atoms with Gasteiger partial charge in [-0.05, 0) is 42.7 Å². The van der Waals surface area contributed by atoms with Crippen LogP contribution < -0.4 is 4.74 Å². The number of benzene rings is 2. The van der Waals surface area contributed by atoms with E-state index in [2.05, 4.69) is 6.92 Å². The average molecular weight is 272 g/mol. The monoisotopic (exact) mass is 272 g/mol. The molecular weight excluding hydrogens is 255 g/mol. The number of rotatable bonds is 5. The first kappa shape index (κ1) is 14.3. The summed E-state index contributed by atoms with van der Waals surface area (Å²) in [6, 6.07) is 12.3. The second-order valence-electron chi connectivity index (χ2n) is 4.66. The Labute approximate surface area is 118 Å². The van der Waals surface area contributed by atoms with Gasteiger partial charge >= 0.3 is 0 Å². The molecule has 0 fully saturated rings. The highest BCUT2D eigenvalue weighted by Crippen LogP contribution is 2.20. The second kappa shape index (κ2) is 6.33. The highest BCUT2D eigenvalue weighted by Gasteiger charge is 2.07. The molecule has 104 valence electrons. The summed E-state index contributed by atoms with van der Waals surface area (Å²) in [4.78, 5) is 11.1. The van der Waals surface area contributed by atoms with E-state index in [-0.39, 0.29) is 11.5 Å². The van der Waals surface area contributed by atoms with E-state index >= 15 is 0 Å². The van der Waals surface area contributed by atoms with Crippen molar-refractivity contribution in [1.82, 2.24) is 0 Å². The number of hydrogen-bond donors (Lipinski definition) is 0. The fourth-order valence-corrected chi connectivity index (χ4v) is 1.87. The zero-order chi connectivity index (χ0) is 14.5. The molecule has 0 saturated heterocycles. The van der Waals surface area contributed by atoms with E-state index in [1.165, 1.54) is 24.6 Å². The van der Waals surface area contributed by atoms with Crippen molar-refractivity contribution >= 4 is 5.78 Å². The van der Waals surface area contributed by atoms with Crippen molar-refractivity contribution in [3.05, 3.63) is 65.0 Å². The summed E-state index contributed by atoms with van der Waals surface area (Å²) in [5.41, 5.74) is 2.59. The molecule has 0 amide bonds. The average Bonchev–Trinajstić information content (AvgIpc) is 2.46. The van der Waals surface area contributed by atoms with E-state index in [4.69, 9.17) is 4.74 Å². The van der Waals surface area contributed by atoms with Gasteiger partial charge in [-0.1, -0.05) is 31.2 Å². The van der Waals surface area contributed by atoms with Crippen LogP contribution in [0, 0.1) is 5.82 Å². The molecule has 2 nitrogen and oxygen atoms in total. The molecule has 0 N–H and O–H groups in total. The van der Waals surface area contributed by atoms with Crippen molar-refractivity contribution in [1.29, 1.82) is 0 Å². The summed E-state index contributed by atoms with van der Waals surface area (Å²) in [5.74, 6) is -0.511. The number of carbonyl (C=O) groups excluding carboxylic acids is 1. The van der Waals surface area contributed by atoms with Gasteiger partial charge in [-0.2, -0.15) is 0 Å². The van der Waals surface area contributed by atoms with Crippen LogP contribution in [0.5, 0.6) is 5.75 Å². The van der Waals surface area contributed by atoms with Crippen molar-refractivity contribution in [2.45, 2.75) is 26.9 Å². The van der Waals surface area contributed by atoms with E-state index in [0.29, 0.717) is 12.2 Å². The minimum Gasteiger partial charge on any atom is -0.486 e. The Morgan fingerprint density at radius 2 is 1.75 bits per heavy atom. The maximum absolute atomic E-state index is 13.8. The summed E-state index contributed by atoms with van der Waals surface area (Å²) < 4.78 is 19.2. The molecule has 0 saturated carbocycles. The fraction of sp³-hybridized carbons (Fsp3) is 0.235. The van der Waals surface area contributed by atoms with Crippen LogP contribution in [0.3, 0.4) is 0 Å². The first-order chi connectivity index (χ1) is 9.60. The molecule has 0 aliphatic rings. The normalized spacial score (nSPS) is 10.3. The Bertz CT molecular complexity index is 603. The number of halogens is 1. The van der Waals surface area contributed by atoms with Gasteiger partial charge in [0.05, 0.1) is 0 Å². The minimum atomic E-state index is -0.511. The van der Waals surface area contributed by atoms with Gasteiger partial charge in [0, 0.05) is 5.56 Å². The lowest BCUT2D eigenvalue weighted by Gasteiger charge is -2.08. The number of Topliss-reactive ketones (excluding diaryl/α,β-unsaturated/α-hetero) is 1. The molecule has 0 unspecified atom stereocenters. The van der Waals surface area contributed by atoms with E-state index in [0.717, 1.165) is 12.0 Å². The van der Waals surface area contributed by atoms with Crippen molar-refractivity contribution in [2.24, 2.45) is 0 Å². The third kappa shape index (κ3) is 3.44. The lowest BCUT2D eigenvalue weighted by Crippen LogP contribution is -1.99. The highest BCUT2D eigenvalue weighted by atomic mass is 19.1. The first-order valence-electron chi connectivity index (χ1n) is 6.61. The van der Waals surface area contributed by atoms with Crippen molar-refractivity contribution in [2.75, 3.05) is 0 Å². The molecule has 0 atom stereocenters. The molecule has 0 aromatic heterocycles. The molecule has 2 aromatic rings. The zero-order valence-electron chi connectivity index (χ0n) is 11.7. The number of ketones is 1. The molecule has 2 rings (SSSR count). The number of carbonyl (C=O) groups is 1. The van der Waals surface area contributed by atoms with Crippen molar-refractivity contribution < 1.29 is 13.9 Å². The van der Waals surface area contributed by atoms with Gasteiger partial charge < -0.3 is 4.74 Å². The molecular formula is C17H17FO2. The standard InChI is InChI=1S/C17H17FO2/c1-3-13-4-6-14(7-5-13)11-20-17-9-8-15(12(2)19)10-16(17)18/h4-10H,3,11H2,1-2H3. The highest BCUT2D eigenvalue weighted by molar-refractivity contribution is 5.94. The quantitative estimate of drug-likeness (QED) is 0.764. The van der Waals surface area contributed by atoms with E-state index in [1.807, 2.05) is 24.3 Å². The van der Waals surface area contributed by atoms with Crippen LogP contribution in [0.4, 0.5) is 4.39 Å². The Kier molecular flexibility index (Phi) is 4.51. The molecule has 20 heavy (non-hydrogen) atoms. The van der Waals surface area contributed by atoms with Crippen LogP contribution in [-0.2, 0) is 13.0 Å². The summed E-state index contributed by atoms with van der Waals surface area (Å²) in [5, 5.41) is 0. The van der Waals surface area contributed by atoms with Crippen molar-refractivity contribution in [3.63, 3.8) is 0 Å². The molecule has 3 heteroatoms. The smallest absolute Gasteiger partial charge is 0.165 e. The summed E-state index contributed by atoms with van der Waals surface area (Å²) >= 11 is 0. The molecule has 0 bridgehead atoms. The molecule has 0 aliphatic heterocycles. The minimum absolute atomic E-state index is 0.161. The maximum atomic E-state index is 13.8. The van der Waals surface area contributed by atoms with E-state index in [1.54, 1.807) is 6.07 Å². The van der Waals surface area contributed by atoms with Crippen LogP contribution in [0.1, 0.15) is 35.3 Å². The Morgan fingerprint density at radius 3 is 2.30 bits per heavy atom. The summed E-state index contributed by atoms with van der Waals surface area (Å²) in [6.45, 7) is 3.81. The Hall–Kier alpha value is -2.16. The van der Waals surface area contributed by atoms with Gasteiger partial charge in [-0.25, -0.2) is 4.39 Å². The molecule has 0 spiro atoms. The third-order valence-corrected chi connectivity index (χ3v) is 3.16. The third-order valence-electron chi connectivity index (χ3n) is 3.16. The van der Waals surface area contributed by atoms with E-state index in [9.17, 15) is 9.18 Å². The Morgan fingerprint density at radius 1 is 1.10 bits per heavy atom. The Balaban J connectivity index is 2.04. The summed E-state index contributed by atoms with van der Waals surface area (Å²) in [6.07, 6.45) is 0.988. The predicted molar refractivity (Wildman–Crippen MR) is 76.6 cm³/mol. The maximum Gasteiger partial charge on any atom is 0.165 e. The SMILES string of the molecule is CCc1ccc(COc2ccc(C(C)=O)cc2F)cc1. The second-order valence-corrected chi connectivity index (χ2v) is 4.66. The fourth-order valence-electron chi connectivity index (χ4n) is 1.87. The van der Waals surface area contributed by atoms with Crippen LogP contribution in [0.2, 0.25) is 0 Å². The topological polar surface area (TPSA) is 26.3 Å². The van der Waals surface area contributed by atoms with Crippen molar-refractivity contribution in [3.8, 4) is 5.75 Å². The lowest BCUT2D eigenvalue weighted by molar-refractivity contribution is 0.101. The van der Waals surface area contributed by atoms with Gasteiger partial charge in [0.25, 0.3) is 0 Å². The number of ether oxygens (including phenoxy) is 1. The molecule has 2 aromatic carbocycles. The first-order valence-corrected chi connectivity index (χ1v) is 6.61. The molecule has 0 aliphatic carbocycles. The summed E-state index contributed by atoms with van der Waals surface area (Å²) in [7, 11) is 0. The predicted octanol–water partition coefficient (Wildman–Crippen LogP) is 4.17. The van der Waals surface area contributed by atoms with Crippen LogP contribution >= 0.6 is 0 Å². The van der Waals surface area contributed by atoms with Gasteiger partial charge in [0.1, 0.15) is 6.61 Å². The van der Waals surface area contributed by atoms with Gasteiger partial charge in [0.2, 0.25) is 0 Å². The van der Waals surface area contributed by atoms with Gasteiger partial charge in [0.15, 0.2) is 17.3 Å². The number of hydrogen-bond acceptors (Lipinski definition) is 2. The van der Waals surface area contributed by atoms with Crippen LogP contribution in [0.15, 0.2) is 42.5 Å². The zero-order valence-corrected chi connectivity index (χ0v) is 11.7. The molecule has 0 heterocycles. The van der Waals surface area contributed by atoms with Gasteiger partial charge in [-0.3, -0.25) is 4.79 Å². The van der Waals surface area contributed by atoms with Gasteiger partial charge in [-0.15, -0.1) is 0 Å². The molecule has 0 radical (unpaired) electrons. The number of aryl methyl sites for hydroxylation is 1. The largest absolute Gasteiger partial charge is 0.486 e.